The highest BCUT2D eigenvalue weighted by atomic mass is 16.5. The van der Waals surface area contributed by atoms with Crippen LogP contribution in [0, 0.1) is 6.92 Å². The second-order valence-electron chi connectivity index (χ2n) is 2.79. The maximum Gasteiger partial charge on any atom is 0.220 e. The minimum atomic E-state index is 0.655. The average Bonchev–Trinajstić information content (AvgIpc) is 2.03. The first kappa shape index (κ1) is 8.78. The van der Waals surface area contributed by atoms with Crippen LogP contribution in [0.5, 0.6) is 5.88 Å². The number of ether oxygens (including phenoxy) is 1. The summed E-state index contributed by atoms with van der Waals surface area (Å²) in [4.78, 5) is 4.10. The van der Waals surface area contributed by atoms with Gasteiger partial charge in [-0.3, -0.25) is 0 Å². The monoisotopic (exact) mass is 163 g/mol. The molecule has 1 heterocycles. The fourth-order valence-corrected chi connectivity index (χ4v) is 1.21. The quantitative estimate of drug-likeness (QED) is 0.668. The molecule has 0 aromatic carbocycles. The zero-order chi connectivity index (χ0) is 9.14. The van der Waals surface area contributed by atoms with E-state index in [1.54, 1.807) is 13.3 Å². The molecule has 2 nitrogen and oxygen atoms in total. The van der Waals surface area contributed by atoms with Crippen molar-refractivity contribution in [2.75, 3.05) is 7.11 Å². The number of rotatable bonds is 2. The Morgan fingerprint density at radius 3 is 2.67 bits per heavy atom. The third-order valence-electron chi connectivity index (χ3n) is 1.74. The van der Waals surface area contributed by atoms with Crippen LogP contribution in [0.1, 0.15) is 18.1 Å². The molecule has 0 saturated carbocycles. The number of nitrogens with zero attached hydrogens (tertiary/aromatic N) is 1. The van der Waals surface area contributed by atoms with E-state index >= 15 is 0 Å². The van der Waals surface area contributed by atoms with E-state index in [1.165, 1.54) is 0 Å². The van der Waals surface area contributed by atoms with Gasteiger partial charge in [0.2, 0.25) is 5.88 Å². The highest BCUT2D eigenvalue weighted by Crippen LogP contribution is 2.24. The van der Waals surface area contributed by atoms with Crippen LogP contribution < -0.4 is 4.74 Å². The van der Waals surface area contributed by atoms with Crippen LogP contribution in [0.4, 0.5) is 0 Å². The second kappa shape index (κ2) is 3.39. The van der Waals surface area contributed by atoms with Crippen LogP contribution in [0.25, 0.3) is 5.57 Å². The molecule has 0 saturated heterocycles. The minimum absolute atomic E-state index is 0.655. The van der Waals surface area contributed by atoms with Crippen molar-refractivity contribution in [1.29, 1.82) is 0 Å². The number of hydrogen-bond donors (Lipinski definition) is 0. The largest absolute Gasteiger partial charge is 0.481 e. The first-order valence-electron chi connectivity index (χ1n) is 3.82. The Labute approximate surface area is 72.9 Å². The summed E-state index contributed by atoms with van der Waals surface area (Å²) in [5.41, 5.74) is 3.15. The van der Waals surface area contributed by atoms with E-state index in [9.17, 15) is 0 Å². The van der Waals surface area contributed by atoms with Gasteiger partial charge in [-0.15, -0.1) is 0 Å². The number of allylic oxidation sites excluding steroid dienone is 1. The Morgan fingerprint density at radius 1 is 1.58 bits per heavy atom. The fourth-order valence-electron chi connectivity index (χ4n) is 1.21. The fraction of sp³-hybridized carbons (Fsp3) is 0.300. The first-order chi connectivity index (χ1) is 5.66. The molecule has 0 aliphatic heterocycles. The van der Waals surface area contributed by atoms with E-state index in [2.05, 4.69) is 11.6 Å². The SMILES string of the molecule is C=C(C)c1c(C)ccnc1OC. The van der Waals surface area contributed by atoms with Crippen LogP contribution in [0.2, 0.25) is 0 Å². The van der Waals surface area contributed by atoms with Gasteiger partial charge in [0.15, 0.2) is 0 Å². The molecule has 0 N–H and O–H groups in total. The van der Waals surface area contributed by atoms with Crippen molar-refractivity contribution in [3.05, 3.63) is 30.0 Å². The van der Waals surface area contributed by atoms with E-state index in [0.29, 0.717) is 5.88 Å². The first-order valence-corrected chi connectivity index (χ1v) is 3.82. The molecule has 64 valence electrons. The van der Waals surface area contributed by atoms with Crippen LogP contribution >= 0.6 is 0 Å². The Bertz CT molecular complexity index is 305. The van der Waals surface area contributed by atoms with Crippen molar-refractivity contribution in [2.45, 2.75) is 13.8 Å². The van der Waals surface area contributed by atoms with Gasteiger partial charge < -0.3 is 4.74 Å². The Hall–Kier alpha value is -1.31. The van der Waals surface area contributed by atoms with E-state index in [0.717, 1.165) is 16.7 Å². The van der Waals surface area contributed by atoms with Crippen LogP contribution in [0.15, 0.2) is 18.8 Å². The number of methoxy groups -OCH3 is 1. The highest BCUT2D eigenvalue weighted by molar-refractivity contribution is 5.68. The highest BCUT2D eigenvalue weighted by Gasteiger charge is 2.06. The topological polar surface area (TPSA) is 22.1 Å². The molecule has 0 atom stereocenters. The molecule has 1 aromatic heterocycles. The average molecular weight is 163 g/mol. The molecule has 0 bridgehead atoms. The van der Waals surface area contributed by atoms with Gasteiger partial charge in [0.25, 0.3) is 0 Å². The Balaban J connectivity index is 3.29. The number of hydrogen-bond acceptors (Lipinski definition) is 2. The van der Waals surface area contributed by atoms with E-state index in [1.807, 2.05) is 19.9 Å². The zero-order valence-electron chi connectivity index (χ0n) is 7.72. The number of aryl methyl sites for hydroxylation is 1. The molecule has 0 unspecified atom stereocenters. The molecule has 1 rings (SSSR count). The lowest BCUT2D eigenvalue weighted by atomic mass is 10.1. The molecule has 0 radical (unpaired) electrons. The van der Waals surface area contributed by atoms with Crippen molar-refractivity contribution in [2.24, 2.45) is 0 Å². The van der Waals surface area contributed by atoms with E-state index in [4.69, 9.17) is 4.74 Å². The maximum absolute atomic E-state index is 5.12. The molecule has 0 spiro atoms. The molecule has 1 aromatic rings. The van der Waals surface area contributed by atoms with Gasteiger partial charge >= 0.3 is 0 Å². The Kier molecular flexibility index (Phi) is 2.48. The number of aromatic nitrogens is 1. The third kappa shape index (κ3) is 1.47. The minimum Gasteiger partial charge on any atom is -0.481 e. The van der Waals surface area contributed by atoms with E-state index in [-0.39, 0.29) is 0 Å². The van der Waals surface area contributed by atoms with Gasteiger partial charge in [-0.2, -0.15) is 0 Å². The smallest absolute Gasteiger partial charge is 0.220 e. The van der Waals surface area contributed by atoms with Crippen molar-refractivity contribution < 1.29 is 4.74 Å². The van der Waals surface area contributed by atoms with Crippen LogP contribution in [-0.4, -0.2) is 12.1 Å². The van der Waals surface area contributed by atoms with Crippen molar-refractivity contribution in [1.82, 2.24) is 4.98 Å². The van der Waals surface area contributed by atoms with Crippen LogP contribution in [0.3, 0.4) is 0 Å². The van der Waals surface area contributed by atoms with Gasteiger partial charge in [-0.05, 0) is 31.1 Å². The van der Waals surface area contributed by atoms with Crippen molar-refractivity contribution in [3.8, 4) is 5.88 Å². The normalized spacial score (nSPS) is 9.58. The lowest BCUT2D eigenvalue weighted by Crippen LogP contribution is -1.95. The molecule has 0 aliphatic carbocycles. The van der Waals surface area contributed by atoms with Crippen molar-refractivity contribution in [3.63, 3.8) is 0 Å². The summed E-state index contributed by atoms with van der Waals surface area (Å²) in [6.45, 7) is 7.85. The van der Waals surface area contributed by atoms with Gasteiger partial charge in [0.05, 0.1) is 7.11 Å². The summed E-state index contributed by atoms with van der Waals surface area (Å²) in [5.74, 6) is 0.655. The molecular weight excluding hydrogens is 150 g/mol. The van der Waals surface area contributed by atoms with Gasteiger partial charge in [-0.25, -0.2) is 4.98 Å². The standard InChI is InChI=1S/C10H13NO/c1-7(2)9-8(3)5-6-11-10(9)12-4/h5-6H,1H2,2-4H3. The summed E-state index contributed by atoms with van der Waals surface area (Å²) in [6, 6.07) is 1.95. The summed E-state index contributed by atoms with van der Waals surface area (Å²) >= 11 is 0. The summed E-state index contributed by atoms with van der Waals surface area (Å²) < 4.78 is 5.12. The summed E-state index contributed by atoms with van der Waals surface area (Å²) in [5, 5.41) is 0. The molecule has 0 aliphatic rings. The van der Waals surface area contributed by atoms with Gasteiger partial charge in [0, 0.05) is 11.8 Å². The van der Waals surface area contributed by atoms with Gasteiger partial charge in [0.1, 0.15) is 0 Å². The Morgan fingerprint density at radius 2 is 2.25 bits per heavy atom. The molecule has 0 amide bonds. The van der Waals surface area contributed by atoms with Crippen molar-refractivity contribution >= 4 is 5.57 Å². The lowest BCUT2D eigenvalue weighted by Gasteiger charge is -2.08. The molecule has 0 fully saturated rings. The number of pyridine rings is 1. The molecule has 2 heteroatoms. The predicted octanol–water partition coefficient (Wildman–Crippen LogP) is 2.43. The lowest BCUT2D eigenvalue weighted by molar-refractivity contribution is 0.396. The summed E-state index contributed by atoms with van der Waals surface area (Å²) in [7, 11) is 1.62. The zero-order valence-corrected chi connectivity index (χ0v) is 7.72. The second-order valence-corrected chi connectivity index (χ2v) is 2.79. The predicted molar refractivity (Wildman–Crippen MR) is 50.2 cm³/mol. The molecule has 12 heavy (non-hydrogen) atoms. The maximum atomic E-state index is 5.12. The summed E-state index contributed by atoms with van der Waals surface area (Å²) in [6.07, 6.45) is 1.74. The van der Waals surface area contributed by atoms with E-state index < -0.39 is 0 Å². The van der Waals surface area contributed by atoms with Gasteiger partial charge in [-0.1, -0.05) is 6.58 Å². The third-order valence-corrected chi connectivity index (χ3v) is 1.74. The molecular formula is C10H13NO. The van der Waals surface area contributed by atoms with Crippen LogP contribution in [-0.2, 0) is 0 Å².